The Bertz CT molecular complexity index is 912. The van der Waals surface area contributed by atoms with E-state index in [-0.39, 0.29) is 18.0 Å². The van der Waals surface area contributed by atoms with Crippen molar-refractivity contribution in [2.24, 2.45) is 5.10 Å². The Labute approximate surface area is 195 Å². The molecule has 2 saturated heterocycles. The highest BCUT2D eigenvalue weighted by Crippen LogP contribution is 2.35. The maximum Gasteiger partial charge on any atom is 0.127 e. The topological polar surface area (TPSA) is 83.4 Å². The molecule has 180 valence electrons. The van der Waals surface area contributed by atoms with E-state index in [4.69, 9.17) is 0 Å². The number of nitrogens with one attached hydrogen (secondary N) is 2. The van der Waals surface area contributed by atoms with Crippen LogP contribution in [0.3, 0.4) is 0 Å². The summed E-state index contributed by atoms with van der Waals surface area (Å²) < 4.78 is 13.5. The molecule has 1 aromatic rings. The molecule has 2 unspecified atom stereocenters. The molecule has 2 fully saturated rings. The van der Waals surface area contributed by atoms with E-state index in [9.17, 15) is 14.6 Å². The number of aliphatic hydroxyl groups is 1. The number of hydrazone groups is 1. The molecule has 4 aliphatic rings. The second-order valence-electron chi connectivity index (χ2n) is 9.92. The smallest absolute Gasteiger partial charge is 0.127 e. The number of allylic oxidation sites excluding steroid dienone is 1. The second kappa shape index (κ2) is 10.1. The Balaban J connectivity index is 1.19. The third kappa shape index (κ3) is 5.24. The van der Waals surface area contributed by atoms with Crippen molar-refractivity contribution >= 4 is 5.71 Å². The van der Waals surface area contributed by atoms with E-state index in [2.05, 4.69) is 25.6 Å². The van der Waals surface area contributed by atoms with Gasteiger partial charge in [0.1, 0.15) is 17.7 Å². The minimum Gasteiger partial charge on any atom is -0.507 e. The summed E-state index contributed by atoms with van der Waals surface area (Å²) in [5, 5.41) is 28.4. The van der Waals surface area contributed by atoms with Crippen LogP contribution in [0.15, 0.2) is 34.4 Å². The van der Waals surface area contributed by atoms with Gasteiger partial charge in [-0.1, -0.05) is 0 Å². The molecule has 1 aromatic carbocycles. The predicted octanol–water partition coefficient (Wildman–Crippen LogP) is 2.16. The number of phenolic OH excluding ortho intramolecular Hbond substituents is 1. The van der Waals surface area contributed by atoms with Crippen LogP contribution in [0, 0.1) is 5.82 Å². The SMILES string of the molecule is Oc1cc(F)ccc1C1=NNC(NC2CCCN(CCN3CCC(O)CC3)C2)C2=C1CCC2. The number of phenols is 1. The fourth-order valence-electron chi connectivity index (χ4n) is 5.75. The van der Waals surface area contributed by atoms with Gasteiger partial charge >= 0.3 is 0 Å². The number of aliphatic hydroxyl groups excluding tert-OH is 1. The summed E-state index contributed by atoms with van der Waals surface area (Å²) in [4.78, 5) is 5.04. The lowest BCUT2D eigenvalue weighted by atomic mass is 9.95. The highest BCUT2D eigenvalue weighted by molar-refractivity contribution is 6.15. The van der Waals surface area contributed by atoms with E-state index in [1.165, 1.54) is 23.6 Å². The fraction of sp³-hybridized carbons (Fsp3) is 0.640. The first-order valence-electron chi connectivity index (χ1n) is 12.5. The molecule has 3 heterocycles. The number of hydrogen-bond acceptors (Lipinski definition) is 7. The Hall–Kier alpha value is -2.00. The van der Waals surface area contributed by atoms with Crippen molar-refractivity contribution in [2.45, 2.75) is 63.3 Å². The molecule has 33 heavy (non-hydrogen) atoms. The lowest BCUT2D eigenvalue weighted by molar-refractivity contribution is 0.0731. The van der Waals surface area contributed by atoms with E-state index in [0.29, 0.717) is 11.6 Å². The van der Waals surface area contributed by atoms with Gasteiger partial charge in [0.15, 0.2) is 0 Å². The highest BCUT2D eigenvalue weighted by Gasteiger charge is 2.33. The average Bonchev–Trinajstić information content (AvgIpc) is 3.30. The lowest BCUT2D eigenvalue weighted by Crippen LogP contribution is -2.55. The summed E-state index contributed by atoms with van der Waals surface area (Å²) in [6.45, 7) is 6.34. The standard InChI is InChI=1S/C25H36FN5O2/c26-17-6-7-22(23(33)15-17)24-20-4-1-5-21(20)25(29-28-24)27-18-3-2-10-31(16-18)14-13-30-11-8-19(32)9-12-30/h6-7,15,18-19,25,27,29,32-33H,1-5,8-14,16H2. The van der Waals surface area contributed by atoms with Crippen molar-refractivity contribution in [2.75, 3.05) is 39.3 Å². The molecule has 0 radical (unpaired) electrons. The summed E-state index contributed by atoms with van der Waals surface area (Å²) >= 11 is 0. The Morgan fingerprint density at radius 3 is 2.70 bits per heavy atom. The van der Waals surface area contributed by atoms with Gasteiger partial charge in [-0.15, -0.1) is 0 Å². The fourth-order valence-corrected chi connectivity index (χ4v) is 5.75. The van der Waals surface area contributed by atoms with Crippen molar-refractivity contribution in [1.29, 1.82) is 0 Å². The number of halogens is 1. The molecule has 0 amide bonds. The van der Waals surface area contributed by atoms with Gasteiger partial charge in [-0.2, -0.15) is 5.10 Å². The summed E-state index contributed by atoms with van der Waals surface area (Å²) in [6, 6.07) is 4.55. The quantitative estimate of drug-likeness (QED) is 0.524. The molecule has 0 spiro atoms. The van der Waals surface area contributed by atoms with Crippen LogP contribution in [0.25, 0.3) is 0 Å². The third-order valence-corrected chi connectivity index (χ3v) is 7.61. The molecule has 1 aliphatic carbocycles. The number of benzene rings is 1. The molecular weight excluding hydrogens is 421 g/mol. The first kappa shape index (κ1) is 22.8. The number of nitrogens with zero attached hydrogens (tertiary/aromatic N) is 3. The van der Waals surface area contributed by atoms with Gasteiger partial charge < -0.3 is 20.0 Å². The van der Waals surface area contributed by atoms with Crippen LogP contribution in [-0.4, -0.2) is 83.3 Å². The summed E-state index contributed by atoms with van der Waals surface area (Å²) in [5.41, 5.74) is 7.14. The van der Waals surface area contributed by atoms with E-state index in [1.807, 2.05) is 0 Å². The number of hydrogen-bond donors (Lipinski definition) is 4. The first-order valence-corrected chi connectivity index (χ1v) is 12.5. The van der Waals surface area contributed by atoms with Gasteiger partial charge in [-0.05, 0) is 74.8 Å². The maximum atomic E-state index is 13.5. The maximum absolute atomic E-state index is 13.5. The van der Waals surface area contributed by atoms with Gasteiger partial charge in [0.2, 0.25) is 0 Å². The Kier molecular flexibility index (Phi) is 6.97. The Morgan fingerprint density at radius 1 is 1.06 bits per heavy atom. The molecule has 7 nitrogen and oxygen atoms in total. The minimum atomic E-state index is -0.444. The van der Waals surface area contributed by atoms with Crippen LogP contribution in [0.5, 0.6) is 5.75 Å². The predicted molar refractivity (Wildman–Crippen MR) is 127 cm³/mol. The van der Waals surface area contributed by atoms with Gasteiger partial charge in [0.25, 0.3) is 0 Å². The minimum absolute atomic E-state index is 0.0161. The largest absolute Gasteiger partial charge is 0.507 e. The van der Waals surface area contributed by atoms with E-state index < -0.39 is 5.82 Å². The summed E-state index contributed by atoms with van der Waals surface area (Å²) in [7, 11) is 0. The number of likely N-dealkylation sites (tertiary alicyclic amines) is 2. The van der Waals surface area contributed by atoms with Crippen molar-refractivity contribution in [3.63, 3.8) is 0 Å². The van der Waals surface area contributed by atoms with E-state index in [1.54, 1.807) is 6.07 Å². The molecule has 2 atom stereocenters. The monoisotopic (exact) mass is 457 g/mol. The summed E-state index contributed by atoms with van der Waals surface area (Å²) in [6.07, 6.45) is 7.06. The molecule has 4 N–H and O–H groups in total. The van der Waals surface area contributed by atoms with Gasteiger partial charge in [0.05, 0.1) is 11.8 Å². The number of piperidine rings is 2. The van der Waals surface area contributed by atoms with Gasteiger partial charge in [0, 0.05) is 50.4 Å². The Morgan fingerprint density at radius 2 is 1.88 bits per heavy atom. The van der Waals surface area contributed by atoms with Crippen molar-refractivity contribution in [3.8, 4) is 5.75 Å². The molecule has 0 saturated carbocycles. The second-order valence-corrected chi connectivity index (χ2v) is 9.92. The third-order valence-electron chi connectivity index (χ3n) is 7.61. The number of aromatic hydroxyl groups is 1. The van der Waals surface area contributed by atoms with Crippen molar-refractivity contribution in [1.82, 2.24) is 20.5 Å². The van der Waals surface area contributed by atoms with E-state index >= 15 is 0 Å². The molecular formula is C25H36FN5O2. The van der Waals surface area contributed by atoms with Crippen molar-refractivity contribution < 1.29 is 14.6 Å². The normalized spacial score (nSPS) is 27.4. The average molecular weight is 458 g/mol. The molecule has 8 heteroatoms. The zero-order chi connectivity index (χ0) is 22.8. The van der Waals surface area contributed by atoms with Crippen LogP contribution < -0.4 is 10.7 Å². The molecule has 0 aromatic heterocycles. The van der Waals surface area contributed by atoms with Gasteiger partial charge in [-0.25, -0.2) is 4.39 Å². The van der Waals surface area contributed by atoms with Crippen LogP contribution in [-0.2, 0) is 0 Å². The molecule has 0 bridgehead atoms. The van der Waals surface area contributed by atoms with Crippen LogP contribution in [0.2, 0.25) is 0 Å². The van der Waals surface area contributed by atoms with E-state index in [0.717, 1.165) is 89.6 Å². The highest BCUT2D eigenvalue weighted by atomic mass is 19.1. The van der Waals surface area contributed by atoms with Gasteiger partial charge in [-0.3, -0.25) is 10.7 Å². The molecule has 3 aliphatic heterocycles. The van der Waals surface area contributed by atoms with Crippen LogP contribution in [0.1, 0.15) is 50.5 Å². The number of rotatable bonds is 6. The van der Waals surface area contributed by atoms with Crippen LogP contribution >= 0.6 is 0 Å². The zero-order valence-electron chi connectivity index (χ0n) is 19.3. The summed E-state index contributed by atoms with van der Waals surface area (Å²) in [5.74, 6) is -0.507. The molecule has 5 rings (SSSR count). The van der Waals surface area contributed by atoms with Crippen LogP contribution in [0.4, 0.5) is 4.39 Å². The first-order chi connectivity index (χ1) is 16.1. The zero-order valence-corrected chi connectivity index (χ0v) is 19.3. The van der Waals surface area contributed by atoms with Crippen molar-refractivity contribution in [3.05, 3.63) is 40.7 Å². The lowest BCUT2D eigenvalue weighted by Gasteiger charge is -2.38.